The van der Waals surface area contributed by atoms with Crippen molar-refractivity contribution in [1.82, 2.24) is 5.32 Å². The van der Waals surface area contributed by atoms with Crippen molar-refractivity contribution in [2.75, 3.05) is 6.54 Å². The lowest BCUT2D eigenvalue weighted by molar-refractivity contribution is -0.135. The first kappa shape index (κ1) is 10.2. The van der Waals surface area contributed by atoms with E-state index in [1.165, 1.54) is 0 Å². The van der Waals surface area contributed by atoms with Gasteiger partial charge in [0, 0.05) is 6.92 Å². The SMILES string of the molecule is CC(=O)NCC(F)(F)C(F)F. The molecule has 0 unspecified atom stereocenters. The Morgan fingerprint density at radius 3 is 2.27 bits per heavy atom. The van der Waals surface area contributed by atoms with Gasteiger partial charge in [0.15, 0.2) is 0 Å². The summed E-state index contributed by atoms with van der Waals surface area (Å²) in [5.41, 5.74) is 0. The second kappa shape index (κ2) is 3.54. The zero-order chi connectivity index (χ0) is 9.07. The molecule has 0 aliphatic carbocycles. The minimum absolute atomic E-state index is 0.759. The van der Waals surface area contributed by atoms with Crippen LogP contribution < -0.4 is 5.32 Å². The van der Waals surface area contributed by atoms with Crippen LogP contribution in [0.25, 0.3) is 0 Å². The molecule has 0 aliphatic rings. The summed E-state index contributed by atoms with van der Waals surface area (Å²) in [6.07, 6.45) is -3.74. The van der Waals surface area contributed by atoms with Crippen molar-refractivity contribution in [3.63, 3.8) is 0 Å². The average Bonchev–Trinajstić information content (AvgIpc) is 1.84. The fraction of sp³-hybridized carbons (Fsp3) is 0.800. The Morgan fingerprint density at radius 2 is 2.00 bits per heavy atom. The van der Waals surface area contributed by atoms with E-state index in [1.54, 1.807) is 5.32 Å². The van der Waals surface area contributed by atoms with E-state index in [0.29, 0.717) is 0 Å². The Hall–Kier alpha value is -0.810. The highest BCUT2D eigenvalue weighted by atomic mass is 19.3. The van der Waals surface area contributed by atoms with Crippen molar-refractivity contribution in [3.8, 4) is 0 Å². The lowest BCUT2D eigenvalue weighted by Gasteiger charge is -2.14. The van der Waals surface area contributed by atoms with Crippen molar-refractivity contribution in [2.24, 2.45) is 0 Å². The maximum absolute atomic E-state index is 11.9. The maximum atomic E-state index is 11.9. The van der Waals surface area contributed by atoms with E-state index in [-0.39, 0.29) is 0 Å². The summed E-state index contributed by atoms with van der Waals surface area (Å²) in [6.45, 7) is -0.346. The summed E-state index contributed by atoms with van der Waals surface area (Å²) in [5.74, 6) is -4.89. The molecule has 0 aliphatic heterocycles. The first-order chi connectivity index (χ1) is 4.86. The molecule has 11 heavy (non-hydrogen) atoms. The summed E-state index contributed by atoms with van der Waals surface area (Å²) in [6, 6.07) is 0. The fourth-order valence-corrected chi connectivity index (χ4v) is 0.319. The summed E-state index contributed by atoms with van der Waals surface area (Å²) < 4.78 is 46.6. The highest BCUT2D eigenvalue weighted by Gasteiger charge is 2.40. The lowest BCUT2D eigenvalue weighted by atomic mass is 10.3. The third-order valence-electron chi connectivity index (χ3n) is 0.892. The van der Waals surface area contributed by atoms with Crippen molar-refractivity contribution in [2.45, 2.75) is 19.3 Å². The van der Waals surface area contributed by atoms with Gasteiger partial charge in [0.1, 0.15) is 0 Å². The van der Waals surface area contributed by atoms with Crippen LogP contribution in [0.4, 0.5) is 17.6 Å². The van der Waals surface area contributed by atoms with Gasteiger partial charge in [0.2, 0.25) is 5.91 Å². The van der Waals surface area contributed by atoms with E-state index in [4.69, 9.17) is 0 Å². The molecule has 0 heterocycles. The minimum atomic E-state index is -4.13. The van der Waals surface area contributed by atoms with E-state index < -0.39 is 24.8 Å². The van der Waals surface area contributed by atoms with Gasteiger partial charge in [-0.05, 0) is 0 Å². The number of rotatable bonds is 3. The van der Waals surface area contributed by atoms with Gasteiger partial charge in [0.05, 0.1) is 6.54 Å². The van der Waals surface area contributed by atoms with Gasteiger partial charge in [-0.25, -0.2) is 8.78 Å². The molecular weight excluding hydrogens is 166 g/mol. The lowest BCUT2D eigenvalue weighted by Crippen LogP contribution is -2.40. The van der Waals surface area contributed by atoms with Crippen LogP contribution in [0.1, 0.15) is 6.92 Å². The van der Waals surface area contributed by atoms with Crippen LogP contribution in [0.2, 0.25) is 0 Å². The number of hydrogen-bond acceptors (Lipinski definition) is 1. The van der Waals surface area contributed by atoms with Crippen LogP contribution in [-0.2, 0) is 4.79 Å². The molecule has 0 saturated heterocycles. The topological polar surface area (TPSA) is 29.1 Å². The quantitative estimate of drug-likeness (QED) is 0.634. The van der Waals surface area contributed by atoms with Gasteiger partial charge in [0.25, 0.3) is 0 Å². The van der Waals surface area contributed by atoms with Crippen LogP contribution in [0.15, 0.2) is 0 Å². The predicted molar refractivity (Wildman–Crippen MR) is 29.6 cm³/mol. The predicted octanol–water partition coefficient (Wildman–Crippen LogP) is 1.02. The highest BCUT2D eigenvalue weighted by Crippen LogP contribution is 2.21. The molecule has 0 spiro atoms. The fourth-order valence-electron chi connectivity index (χ4n) is 0.319. The van der Waals surface area contributed by atoms with E-state index in [0.717, 1.165) is 6.92 Å². The van der Waals surface area contributed by atoms with Crippen LogP contribution in [-0.4, -0.2) is 24.8 Å². The first-order valence-corrected chi connectivity index (χ1v) is 2.76. The Balaban J connectivity index is 3.82. The van der Waals surface area contributed by atoms with Gasteiger partial charge >= 0.3 is 12.3 Å². The van der Waals surface area contributed by atoms with Crippen LogP contribution >= 0.6 is 0 Å². The molecule has 0 rings (SSSR count). The van der Waals surface area contributed by atoms with Gasteiger partial charge in [-0.2, -0.15) is 8.78 Å². The van der Waals surface area contributed by atoms with Gasteiger partial charge in [-0.3, -0.25) is 4.79 Å². The molecule has 66 valence electrons. The highest BCUT2D eigenvalue weighted by molar-refractivity contribution is 5.72. The number of carbonyl (C=O) groups is 1. The average molecular weight is 173 g/mol. The summed E-state index contributed by atoms with van der Waals surface area (Å²) >= 11 is 0. The Bertz CT molecular complexity index is 147. The largest absolute Gasteiger partial charge is 0.350 e. The van der Waals surface area contributed by atoms with Gasteiger partial charge in [-0.1, -0.05) is 0 Å². The Morgan fingerprint density at radius 1 is 1.55 bits per heavy atom. The van der Waals surface area contributed by atoms with Crippen LogP contribution in [0.5, 0.6) is 0 Å². The second-order valence-corrected chi connectivity index (χ2v) is 1.97. The van der Waals surface area contributed by atoms with E-state index in [1.807, 2.05) is 0 Å². The third kappa shape index (κ3) is 3.79. The molecule has 0 aromatic heterocycles. The number of alkyl halides is 4. The maximum Gasteiger partial charge on any atom is 0.324 e. The molecule has 0 fully saturated rings. The van der Waals surface area contributed by atoms with E-state index >= 15 is 0 Å². The molecule has 6 heteroatoms. The first-order valence-electron chi connectivity index (χ1n) is 2.76. The Kier molecular flexibility index (Phi) is 3.28. The normalized spacial score (nSPS) is 11.8. The van der Waals surface area contributed by atoms with E-state index in [2.05, 4.69) is 0 Å². The zero-order valence-electron chi connectivity index (χ0n) is 5.70. The molecular formula is C5H7F4NO. The monoisotopic (exact) mass is 173 g/mol. The molecule has 0 bridgehead atoms. The van der Waals surface area contributed by atoms with E-state index in [9.17, 15) is 22.4 Å². The summed E-state index contributed by atoms with van der Waals surface area (Å²) in [4.78, 5) is 10.0. The molecule has 0 aromatic rings. The number of nitrogens with one attached hydrogen (secondary N) is 1. The summed E-state index contributed by atoms with van der Waals surface area (Å²) in [5, 5.41) is 1.60. The van der Waals surface area contributed by atoms with Crippen molar-refractivity contribution < 1.29 is 22.4 Å². The third-order valence-corrected chi connectivity index (χ3v) is 0.892. The van der Waals surface area contributed by atoms with Crippen LogP contribution in [0.3, 0.4) is 0 Å². The number of carbonyl (C=O) groups excluding carboxylic acids is 1. The number of amides is 1. The standard InChI is InChI=1S/C5H7F4NO/c1-3(11)10-2-5(8,9)4(6)7/h4H,2H2,1H3,(H,10,11). The molecule has 1 amide bonds. The summed E-state index contributed by atoms with van der Waals surface area (Å²) in [7, 11) is 0. The smallest absolute Gasteiger partial charge is 0.324 e. The van der Waals surface area contributed by atoms with Gasteiger partial charge in [-0.15, -0.1) is 0 Å². The van der Waals surface area contributed by atoms with Crippen molar-refractivity contribution in [3.05, 3.63) is 0 Å². The molecule has 0 aromatic carbocycles. The molecule has 1 N–H and O–H groups in total. The second-order valence-electron chi connectivity index (χ2n) is 1.97. The van der Waals surface area contributed by atoms with Crippen LogP contribution in [0, 0.1) is 0 Å². The molecule has 2 nitrogen and oxygen atoms in total. The van der Waals surface area contributed by atoms with Gasteiger partial charge < -0.3 is 5.32 Å². The van der Waals surface area contributed by atoms with Crippen molar-refractivity contribution in [1.29, 1.82) is 0 Å². The molecule has 0 saturated carbocycles. The number of halogens is 4. The number of hydrogen-bond donors (Lipinski definition) is 1. The van der Waals surface area contributed by atoms with Crippen molar-refractivity contribution >= 4 is 5.91 Å². The molecule has 0 atom stereocenters. The minimum Gasteiger partial charge on any atom is -0.350 e. The molecule has 0 radical (unpaired) electrons. The Labute approximate surface area is 60.6 Å². The zero-order valence-corrected chi connectivity index (χ0v) is 5.70.